The fourth-order valence-electron chi connectivity index (χ4n) is 3.37. The van der Waals surface area contributed by atoms with Crippen LogP contribution in [-0.4, -0.2) is 36.3 Å². The number of ketones is 1. The van der Waals surface area contributed by atoms with E-state index in [0.29, 0.717) is 32.5 Å². The van der Waals surface area contributed by atoms with Crippen LogP contribution in [0.4, 0.5) is 0 Å². The molecule has 1 aliphatic heterocycles. The molecule has 1 aliphatic rings. The van der Waals surface area contributed by atoms with Crippen molar-refractivity contribution < 1.29 is 14.3 Å². The zero-order chi connectivity index (χ0) is 19.1. The highest BCUT2D eigenvalue weighted by atomic mass is 16.5. The quantitative estimate of drug-likeness (QED) is 0.570. The molecule has 0 unspecified atom stereocenters. The molecule has 0 aromatic heterocycles. The van der Waals surface area contributed by atoms with Crippen LogP contribution >= 0.6 is 0 Å². The van der Waals surface area contributed by atoms with E-state index in [0.717, 1.165) is 16.9 Å². The van der Waals surface area contributed by atoms with Gasteiger partial charge < -0.3 is 9.64 Å². The Morgan fingerprint density at radius 2 is 1.70 bits per heavy atom. The Morgan fingerprint density at radius 3 is 2.41 bits per heavy atom. The van der Waals surface area contributed by atoms with E-state index in [-0.39, 0.29) is 17.6 Å². The lowest BCUT2D eigenvalue weighted by Crippen LogP contribution is -2.39. The van der Waals surface area contributed by atoms with Crippen molar-refractivity contribution in [3.63, 3.8) is 0 Å². The van der Waals surface area contributed by atoms with Crippen LogP contribution in [0.15, 0.2) is 60.7 Å². The van der Waals surface area contributed by atoms with Crippen LogP contribution in [0.2, 0.25) is 0 Å². The molecule has 0 bridgehead atoms. The van der Waals surface area contributed by atoms with E-state index < -0.39 is 0 Å². The number of rotatable bonds is 6. The van der Waals surface area contributed by atoms with Gasteiger partial charge in [0.1, 0.15) is 5.75 Å². The predicted molar refractivity (Wildman–Crippen MR) is 107 cm³/mol. The Bertz CT molecular complexity index is 805. The minimum Gasteiger partial charge on any atom is -0.493 e. The maximum atomic E-state index is 12.6. The normalized spacial score (nSPS) is 15.1. The summed E-state index contributed by atoms with van der Waals surface area (Å²) in [6.45, 7) is 3.74. The van der Waals surface area contributed by atoms with Crippen LogP contribution in [0.5, 0.6) is 5.75 Å². The highest BCUT2D eigenvalue weighted by Gasteiger charge is 2.27. The van der Waals surface area contributed by atoms with Gasteiger partial charge in [0.05, 0.1) is 6.61 Å². The van der Waals surface area contributed by atoms with Crippen molar-refractivity contribution in [1.82, 2.24) is 4.90 Å². The third kappa shape index (κ3) is 4.85. The van der Waals surface area contributed by atoms with Crippen molar-refractivity contribution in [3.8, 4) is 5.75 Å². The number of carbonyl (C=O) groups excluding carboxylic acids is 2. The van der Waals surface area contributed by atoms with Crippen molar-refractivity contribution in [2.45, 2.75) is 19.8 Å². The van der Waals surface area contributed by atoms with Gasteiger partial charge >= 0.3 is 0 Å². The summed E-state index contributed by atoms with van der Waals surface area (Å²) in [5.74, 6) is 0.936. The van der Waals surface area contributed by atoms with Gasteiger partial charge in [0.25, 0.3) is 0 Å². The molecule has 0 N–H and O–H groups in total. The van der Waals surface area contributed by atoms with Gasteiger partial charge in [-0.2, -0.15) is 0 Å². The Morgan fingerprint density at radius 1 is 1.04 bits per heavy atom. The molecule has 1 amide bonds. The van der Waals surface area contributed by atoms with E-state index >= 15 is 0 Å². The number of hydrogen-bond acceptors (Lipinski definition) is 3. The van der Waals surface area contributed by atoms with E-state index in [2.05, 4.69) is 0 Å². The van der Waals surface area contributed by atoms with E-state index in [4.69, 9.17) is 4.74 Å². The van der Waals surface area contributed by atoms with Gasteiger partial charge in [-0.1, -0.05) is 48.5 Å². The first-order valence-electron chi connectivity index (χ1n) is 9.47. The number of hydrogen-bond donors (Lipinski definition) is 0. The number of nitrogens with zero attached hydrogens (tertiary/aromatic N) is 1. The summed E-state index contributed by atoms with van der Waals surface area (Å²) in [6.07, 6.45) is 4.82. The summed E-state index contributed by atoms with van der Waals surface area (Å²) >= 11 is 0. The second-order valence-corrected chi connectivity index (χ2v) is 6.63. The zero-order valence-electron chi connectivity index (χ0n) is 15.6. The van der Waals surface area contributed by atoms with Crippen molar-refractivity contribution in [2.75, 3.05) is 19.7 Å². The van der Waals surface area contributed by atoms with Gasteiger partial charge in [0.2, 0.25) is 5.91 Å². The maximum absolute atomic E-state index is 12.6. The Labute approximate surface area is 160 Å². The predicted octanol–water partition coefficient (Wildman–Crippen LogP) is 4.22. The molecule has 27 heavy (non-hydrogen) atoms. The number of benzene rings is 2. The van der Waals surface area contributed by atoms with E-state index in [1.807, 2.05) is 66.4 Å². The molecule has 1 saturated heterocycles. The van der Waals surface area contributed by atoms with Crippen LogP contribution < -0.4 is 4.74 Å². The molecule has 4 nitrogen and oxygen atoms in total. The molecule has 140 valence electrons. The average Bonchev–Trinajstić information content (AvgIpc) is 2.73. The molecule has 2 aromatic carbocycles. The van der Waals surface area contributed by atoms with Crippen LogP contribution in [-0.2, 0) is 4.79 Å². The average molecular weight is 363 g/mol. The van der Waals surface area contributed by atoms with Crippen molar-refractivity contribution in [3.05, 3.63) is 71.8 Å². The first-order valence-corrected chi connectivity index (χ1v) is 9.47. The van der Waals surface area contributed by atoms with Gasteiger partial charge in [0.15, 0.2) is 5.78 Å². The minimum atomic E-state index is -0.0214. The largest absolute Gasteiger partial charge is 0.493 e. The van der Waals surface area contributed by atoms with Crippen LogP contribution in [0, 0.1) is 5.92 Å². The first-order chi connectivity index (χ1) is 13.2. The van der Waals surface area contributed by atoms with Crippen molar-refractivity contribution >= 4 is 17.8 Å². The lowest BCUT2D eigenvalue weighted by atomic mass is 9.89. The van der Waals surface area contributed by atoms with Crippen molar-refractivity contribution in [1.29, 1.82) is 0 Å². The molecule has 0 atom stereocenters. The second-order valence-electron chi connectivity index (χ2n) is 6.63. The Kier molecular flexibility index (Phi) is 6.42. The molecule has 0 saturated carbocycles. The van der Waals surface area contributed by atoms with E-state index in [1.165, 1.54) is 0 Å². The third-order valence-corrected chi connectivity index (χ3v) is 4.86. The van der Waals surface area contributed by atoms with Crippen LogP contribution in [0.3, 0.4) is 0 Å². The fourth-order valence-corrected chi connectivity index (χ4v) is 3.37. The highest BCUT2D eigenvalue weighted by Crippen LogP contribution is 2.23. The molecular weight excluding hydrogens is 338 g/mol. The first kappa shape index (κ1) is 18.9. The number of carbonyl (C=O) groups is 2. The lowest BCUT2D eigenvalue weighted by Gasteiger charge is -2.30. The number of Topliss-reactive ketones (excluding diaryl/α,β-unsaturated/α-hetero) is 1. The maximum Gasteiger partial charge on any atom is 0.246 e. The smallest absolute Gasteiger partial charge is 0.246 e. The monoisotopic (exact) mass is 363 g/mol. The number of ether oxygens (including phenoxy) is 1. The Balaban J connectivity index is 1.57. The zero-order valence-corrected chi connectivity index (χ0v) is 15.6. The molecule has 0 spiro atoms. The summed E-state index contributed by atoms with van der Waals surface area (Å²) in [4.78, 5) is 26.9. The van der Waals surface area contributed by atoms with Gasteiger partial charge in [-0.25, -0.2) is 0 Å². The molecule has 1 heterocycles. The number of amides is 1. The molecule has 1 fully saturated rings. The topological polar surface area (TPSA) is 46.6 Å². The molecule has 2 aromatic rings. The molecule has 3 rings (SSSR count). The van der Waals surface area contributed by atoms with Gasteiger partial charge in [-0.15, -0.1) is 0 Å². The SMILES string of the molecule is CCOc1ccccc1C=CC(=O)N1CCC(C(=O)c2ccccc2)CC1. The van der Waals surface area contributed by atoms with Gasteiger partial charge in [0, 0.05) is 36.2 Å². The van der Waals surface area contributed by atoms with Crippen LogP contribution in [0.25, 0.3) is 6.08 Å². The second kappa shape index (κ2) is 9.17. The highest BCUT2D eigenvalue weighted by molar-refractivity contribution is 5.98. The summed E-state index contributed by atoms with van der Waals surface area (Å²) < 4.78 is 5.58. The number of likely N-dealkylation sites (tertiary alicyclic amines) is 1. The van der Waals surface area contributed by atoms with E-state index in [9.17, 15) is 9.59 Å². The minimum absolute atomic E-state index is 0.000824. The third-order valence-electron chi connectivity index (χ3n) is 4.86. The lowest BCUT2D eigenvalue weighted by molar-refractivity contribution is -0.127. The fraction of sp³-hybridized carbons (Fsp3) is 0.304. The summed E-state index contributed by atoms with van der Waals surface area (Å²) in [5.41, 5.74) is 1.65. The molecule has 0 radical (unpaired) electrons. The summed E-state index contributed by atoms with van der Waals surface area (Å²) in [5, 5.41) is 0. The molecule has 4 heteroatoms. The van der Waals surface area contributed by atoms with Gasteiger partial charge in [-0.05, 0) is 31.9 Å². The standard InChI is InChI=1S/C23H25NO3/c1-2-27-21-11-7-6-8-18(21)12-13-22(25)24-16-14-20(15-17-24)23(26)19-9-4-3-5-10-19/h3-13,20H,2,14-17H2,1H3. The van der Waals surface area contributed by atoms with Crippen molar-refractivity contribution in [2.24, 2.45) is 5.92 Å². The summed E-state index contributed by atoms with van der Waals surface area (Å²) in [7, 11) is 0. The molecule has 0 aliphatic carbocycles. The van der Waals surface area contributed by atoms with E-state index in [1.54, 1.807) is 12.2 Å². The molecular formula is C23H25NO3. The summed E-state index contributed by atoms with van der Waals surface area (Å²) in [6, 6.07) is 17.1. The van der Waals surface area contributed by atoms with Gasteiger partial charge in [-0.3, -0.25) is 9.59 Å². The van der Waals surface area contributed by atoms with Crippen LogP contribution in [0.1, 0.15) is 35.7 Å². The Hall–Kier alpha value is -2.88. The number of para-hydroxylation sites is 1. The number of piperidine rings is 1.